The van der Waals surface area contributed by atoms with Crippen LogP contribution in [0.15, 0.2) is 18.2 Å². The van der Waals surface area contributed by atoms with Crippen LogP contribution in [0.1, 0.15) is 0 Å². The van der Waals surface area contributed by atoms with Crippen LogP contribution < -0.4 is 15.3 Å². The number of nitrogens with zero attached hydrogens (tertiary/aromatic N) is 3. The first-order valence-corrected chi connectivity index (χ1v) is 3.68. The maximum Gasteiger partial charge on any atom is 0.458 e. The van der Waals surface area contributed by atoms with Gasteiger partial charge in [-0.1, -0.05) is 6.07 Å². The highest BCUT2D eigenvalue weighted by molar-refractivity contribution is 5.68. The summed E-state index contributed by atoms with van der Waals surface area (Å²) in [6.07, 6.45) is 0. The Bertz CT molecular complexity index is 517. The average molecular weight is 196 g/mol. The van der Waals surface area contributed by atoms with Crippen molar-refractivity contribution in [1.82, 2.24) is 5.10 Å². The molecule has 0 bridgehead atoms. The van der Waals surface area contributed by atoms with E-state index in [1.807, 2.05) is 0 Å². The molecule has 0 saturated heterocycles. The highest BCUT2D eigenvalue weighted by Crippen LogP contribution is 2.09. The van der Waals surface area contributed by atoms with E-state index < -0.39 is 17.3 Å². The Morgan fingerprint density at radius 3 is 2.79 bits per heavy atom. The third-order valence-electron chi connectivity index (χ3n) is 1.78. The Morgan fingerprint density at radius 2 is 2.07 bits per heavy atom. The van der Waals surface area contributed by atoms with Crippen LogP contribution in [0, 0.1) is 16.2 Å². The van der Waals surface area contributed by atoms with Crippen LogP contribution in [0.4, 0.5) is 10.3 Å². The predicted octanol–water partition coefficient (Wildman–Crippen LogP) is -0.777. The molecule has 14 heavy (non-hydrogen) atoms. The van der Waals surface area contributed by atoms with Gasteiger partial charge in [0, 0.05) is 10.9 Å². The number of benzene rings is 1. The van der Waals surface area contributed by atoms with Gasteiger partial charge < -0.3 is 10.4 Å². The van der Waals surface area contributed by atoms with E-state index in [1.54, 1.807) is 0 Å². The molecule has 0 aliphatic rings. The monoisotopic (exact) mass is 196 g/mol. The molecule has 0 amide bonds. The summed E-state index contributed by atoms with van der Waals surface area (Å²) in [6, 6.07) is 3.66. The molecule has 0 aliphatic heterocycles. The smallest absolute Gasteiger partial charge is 0.458 e. The zero-order chi connectivity index (χ0) is 10.3. The number of anilines is 1. The Kier molecular flexibility index (Phi) is 1.60. The lowest BCUT2D eigenvalue weighted by atomic mass is 10.3. The second-order valence-corrected chi connectivity index (χ2v) is 2.63. The maximum absolute atomic E-state index is 13.2. The number of halogens is 1. The van der Waals surface area contributed by atoms with Gasteiger partial charge in [-0.3, -0.25) is 5.73 Å². The minimum atomic E-state index is -0.809. The number of rotatable bonds is 0. The second-order valence-electron chi connectivity index (χ2n) is 2.63. The molecule has 0 unspecified atom stereocenters. The maximum atomic E-state index is 13.2. The lowest BCUT2D eigenvalue weighted by molar-refractivity contribution is -0.672. The standard InChI is InChI=1S/C7H5FN4O2/c8-4-2-1-3-5-6(4)11(13)7(9)10-12(5)14/h1-3H,(H2,9,10). The Labute approximate surface area is 77.2 Å². The molecular weight excluding hydrogens is 191 g/mol. The zero-order valence-electron chi connectivity index (χ0n) is 6.85. The number of hydrogen-bond acceptors (Lipinski definition) is 4. The fourth-order valence-corrected chi connectivity index (χ4v) is 1.16. The molecule has 0 spiro atoms. The molecule has 0 aliphatic carbocycles. The van der Waals surface area contributed by atoms with Gasteiger partial charge in [0.2, 0.25) is 10.6 Å². The topological polar surface area (TPSA) is 92.8 Å². The highest BCUT2D eigenvalue weighted by Gasteiger charge is 2.19. The normalized spacial score (nSPS) is 10.6. The first kappa shape index (κ1) is 8.42. The number of nitrogen functional groups attached to an aromatic ring is 1. The van der Waals surface area contributed by atoms with Crippen molar-refractivity contribution in [2.75, 3.05) is 5.73 Å². The van der Waals surface area contributed by atoms with E-state index in [0.717, 1.165) is 6.07 Å². The van der Waals surface area contributed by atoms with Crippen LogP contribution in [0.25, 0.3) is 11.0 Å². The number of fused-ring (bicyclic) bond motifs is 1. The lowest BCUT2D eigenvalue weighted by Gasteiger charge is -2.06. The van der Waals surface area contributed by atoms with Gasteiger partial charge in [0.15, 0.2) is 5.82 Å². The van der Waals surface area contributed by atoms with E-state index in [9.17, 15) is 14.8 Å². The highest BCUT2D eigenvalue weighted by atomic mass is 19.1. The van der Waals surface area contributed by atoms with Gasteiger partial charge in [0.05, 0.1) is 0 Å². The van der Waals surface area contributed by atoms with Gasteiger partial charge in [0.25, 0.3) is 0 Å². The molecule has 1 aromatic heterocycles. The summed E-state index contributed by atoms with van der Waals surface area (Å²) >= 11 is 0. The summed E-state index contributed by atoms with van der Waals surface area (Å²) in [7, 11) is 0. The van der Waals surface area contributed by atoms with Gasteiger partial charge in [-0.2, -0.15) is 0 Å². The molecular formula is C7H5FN4O2. The molecule has 6 nitrogen and oxygen atoms in total. The molecule has 1 aromatic carbocycles. The van der Waals surface area contributed by atoms with Crippen molar-refractivity contribution in [2.24, 2.45) is 0 Å². The minimum absolute atomic E-state index is 0.0824. The fourth-order valence-electron chi connectivity index (χ4n) is 1.16. The Balaban J connectivity index is 3.03. The van der Waals surface area contributed by atoms with Gasteiger partial charge in [-0.25, -0.2) is 9.12 Å². The number of hydrogen-bond donors (Lipinski definition) is 1. The number of nitrogens with two attached hydrogens (primary N) is 1. The summed E-state index contributed by atoms with van der Waals surface area (Å²) in [4.78, 5) is 0.113. The molecule has 0 saturated carbocycles. The minimum Gasteiger partial charge on any atom is -0.739 e. The van der Waals surface area contributed by atoms with Crippen LogP contribution in [0.2, 0.25) is 0 Å². The summed E-state index contributed by atoms with van der Waals surface area (Å²) in [5, 5.41) is 25.5. The summed E-state index contributed by atoms with van der Waals surface area (Å²) in [5.74, 6) is -1.39. The van der Waals surface area contributed by atoms with Crippen LogP contribution in [-0.2, 0) is 0 Å². The van der Waals surface area contributed by atoms with Crippen molar-refractivity contribution in [3.8, 4) is 0 Å². The Morgan fingerprint density at radius 1 is 1.36 bits per heavy atom. The van der Waals surface area contributed by atoms with Crippen LogP contribution in [-0.4, -0.2) is 5.10 Å². The van der Waals surface area contributed by atoms with Crippen molar-refractivity contribution >= 4 is 17.0 Å². The molecule has 7 heteroatoms. The third kappa shape index (κ3) is 0.987. The predicted molar refractivity (Wildman–Crippen MR) is 44.0 cm³/mol. The van der Waals surface area contributed by atoms with Crippen molar-refractivity contribution in [3.05, 3.63) is 34.4 Å². The van der Waals surface area contributed by atoms with Crippen LogP contribution in [0.5, 0.6) is 0 Å². The van der Waals surface area contributed by atoms with E-state index in [0.29, 0.717) is 0 Å². The first-order valence-electron chi connectivity index (χ1n) is 3.68. The molecule has 0 atom stereocenters. The molecule has 2 N–H and O–H groups in total. The molecule has 2 rings (SSSR count). The summed E-state index contributed by atoms with van der Waals surface area (Å²) < 4.78 is 13.2. The van der Waals surface area contributed by atoms with Crippen LogP contribution in [0.3, 0.4) is 0 Å². The molecule has 2 aromatic rings. The average Bonchev–Trinajstić information content (AvgIpc) is 2.14. The largest absolute Gasteiger partial charge is 0.739 e. The lowest BCUT2D eigenvalue weighted by Crippen LogP contribution is -2.44. The molecule has 1 heterocycles. The van der Waals surface area contributed by atoms with E-state index in [2.05, 4.69) is 5.10 Å². The third-order valence-corrected chi connectivity index (χ3v) is 1.78. The van der Waals surface area contributed by atoms with E-state index in [1.165, 1.54) is 12.1 Å². The van der Waals surface area contributed by atoms with Crippen molar-refractivity contribution < 1.29 is 14.0 Å². The second kappa shape index (κ2) is 2.66. The summed E-state index contributed by atoms with van der Waals surface area (Å²) in [6.45, 7) is 0. The van der Waals surface area contributed by atoms with Crippen LogP contribution >= 0.6 is 0 Å². The first-order chi connectivity index (χ1) is 6.61. The SMILES string of the molecule is Nc1n[n+]([O-])c2cccc(F)c2[n+]1[O-]. The van der Waals surface area contributed by atoms with Crippen molar-refractivity contribution in [1.29, 1.82) is 0 Å². The fraction of sp³-hybridized carbons (Fsp3) is 0. The summed E-state index contributed by atoms with van der Waals surface area (Å²) in [5.41, 5.74) is 4.54. The molecule has 72 valence electrons. The quantitative estimate of drug-likeness (QED) is 0.442. The van der Waals surface area contributed by atoms with E-state index >= 15 is 0 Å². The Hall–Kier alpha value is -2.18. The zero-order valence-corrected chi connectivity index (χ0v) is 6.85. The van der Waals surface area contributed by atoms with E-state index in [4.69, 9.17) is 5.73 Å². The molecule has 0 radical (unpaired) electrons. The van der Waals surface area contributed by atoms with Crippen molar-refractivity contribution in [3.63, 3.8) is 0 Å². The van der Waals surface area contributed by atoms with Gasteiger partial charge in [-0.05, 0) is 6.07 Å². The number of para-hydroxylation sites is 1. The van der Waals surface area contributed by atoms with Gasteiger partial charge >= 0.3 is 11.5 Å². The van der Waals surface area contributed by atoms with Gasteiger partial charge in [-0.15, -0.1) is 0 Å². The van der Waals surface area contributed by atoms with Crippen molar-refractivity contribution in [2.45, 2.75) is 0 Å². The van der Waals surface area contributed by atoms with E-state index in [-0.39, 0.29) is 15.1 Å². The van der Waals surface area contributed by atoms with Gasteiger partial charge in [0.1, 0.15) is 0 Å². The molecule has 0 fully saturated rings. The number of aromatic nitrogens is 3.